The van der Waals surface area contributed by atoms with Crippen LogP contribution in [-0.2, 0) is 0 Å². The van der Waals surface area contributed by atoms with E-state index >= 15 is 0 Å². The Bertz CT molecular complexity index is 491. The Morgan fingerprint density at radius 2 is 1.91 bits per heavy atom. The van der Waals surface area contributed by atoms with Gasteiger partial charge in [0.05, 0.1) is 7.11 Å². The first kappa shape index (κ1) is 19.2. The number of unbranched alkanes of at least 4 members (excludes halogenated alkanes) is 2. The zero-order valence-corrected chi connectivity index (χ0v) is 15.0. The number of hydrogen-bond donors (Lipinski definition) is 3. The Kier molecular flexibility index (Phi) is 9.05. The Morgan fingerprint density at radius 1 is 1.22 bits per heavy atom. The topological polar surface area (TPSA) is 62.4 Å². The van der Waals surface area contributed by atoms with E-state index in [1.807, 2.05) is 0 Å². The van der Waals surface area contributed by atoms with E-state index in [0.29, 0.717) is 22.3 Å². The van der Waals surface area contributed by atoms with Crippen LogP contribution in [0.25, 0.3) is 0 Å². The largest absolute Gasteiger partial charge is 0.497 e. The fraction of sp³-hybridized carbons (Fsp3) is 0.529. The van der Waals surface area contributed by atoms with Crippen molar-refractivity contribution in [3.8, 4) is 5.75 Å². The first-order valence-corrected chi connectivity index (χ1v) is 8.45. The van der Waals surface area contributed by atoms with Crippen molar-refractivity contribution >= 4 is 23.2 Å². The summed E-state index contributed by atoms with van der Waals surface area (Å²) in [5.41, 5.74) is 5.84. The molecular weight excluding hydrogens is 310 g/mol. The average Bonchev–Trinajstić information content (AvgIpc) is 2.58. The summed E-state index contributed by atoms with van der Waals surface area (Å²) >= 11 is 5.16. The molecule has 0 unspecified atom stereocenters. The normalized spacial score (nSPS) is 11.4. The van der Waals surface area contributed by atoms with Gasteiger partial charge in [0.15, 0.2) is 5.11 Å². The van der Waals surface area contributed by atoms with Crippen molar-refractivity contribution in [2.75, 3.05) is 13.7 Å². The molecule has 0 fully saturated rings. The molecule has 0 aromatic heterocycles. The summed E-state index contributed by atoms with van der Waals surface area (Å²) in [6.07, 6.45) is 4.93. The zero-order chi connectivity index (χ0) is 17.1. The molecule has 0 spiro atoms. The smallest absolute Gasteiger partial charge is 0.269 e. The molecule has 1 atom stereocenters. The molecule has 1 rings (SSSR count). The summed E-state index contributed by atoms with van der Waals surface area (Å²) in [7, 11) is 1.59. The highest BCUT2D eigenvalue weighted by atomic mass is 32.1. The van der Waals surface area contributed by atoms with Gasteiger partial charge in [0.25, 0.3) is 5.91 Å². The van der Waals surface area contributed by atoms with E-state index in [1.165, 1.54) is 25.7 Å². The third-order valence-electron chi connectivity index (χ3n) is 3.55. The second-order valence-electron chi connectivity index (χ2n) is 5.62. The van der Waals surface area contributed by atoms with E-state index in [-0.39, 0.29) is 5.91 Å². The molecule has 0 aliphatic carbocycles. The van der Waals surface area contributed by atoms with Crippen molar-refractivity contribution in [3.05, 3.63) is 29.8 Å². The molecule has 0 aliphatic heterocycles. The van der Waals surface area contributed by atoms with Crippen LogP contribution in [0, 0.1) is 5.92 Å². The number of rotatable bonds is 8. The number of methoxy groups -OCH3 is 1. The second kappa shape index (κ2) is 10.8. The van der Waals surface area contributed by atoms with E-state index in [4.69, 9.17) is 17.0 Å². The number of amides is 1. The van der Waals surface area contributed by atoms with E-state index in [1.54, 1.807) is 31.4 Å². The minimum atomic E-state index is -0.243. The molecule has 0 radical (unpaired) electrons. The van der Waals surface area contributed by atoms with Crippen molar-refractivity contribution in [1.82, 2.24) is 16.2 Å². The summed E-state index contributed by atoms with van der Waals surface area (Å²) in [4.78, 5) is 12.0. The van der Waals surface area contributed by atoms with Crippen LogP contribution in [0.1, 0.15) is 49.9 Å². The third kappa shape index (κ3) is 7.83. The summed E-state index contributed by atoms with van der Waals surface area (Å²) in [6, 6.07) is 6.87. The van der Waals surface area contributed by atoms with Gasteiger partial charge in [0, 0.05) is 12.1 Å². The minimum absolute atomic E-state index is 0.243. The fourth-order valence-electron chi connectivity index (χ4n) is 2.08. The van der Waals surface area contributed by atoms with Crippen LogP contribution in [0.2, 0.25) is 0 Å². The van der Waals surface area contributed by atoms with Crippen molar-refractivity contribution in [3.63, 3.8) is 0 Å². The highest BCUT2D eigenvalue weighted by Gasteiger charge is 2.07. The quantitative estimate of drug-likeness (QED) is 0.387. The first-order chi connectivity index (χ1) is 11.1. The molecule has 0 heterocycles. The zero-order valence-electron chi connectivity index (χ0n) is 14.1. The van der Waals surface area contributed by atoms with Crippen molar-refractivity contribution in [1.29, 1.82) is 0 Å². The molecule has 5 nitrogen and oxygen atoms in total. The van der Waals surface area contributed by atoms with Gasteiger partial charge in [-0.25, -0.2) is 0 Å². The first-order valence-electron chi connectivity index (χ1n) is 8.05. The van der Waals surface area contributed by atoms with Gasteiger partial charge in [-0.1, -0.05) is 33.1 Å². The van der Waals surface area contributed by atoms with Crippen LogP contribution in [0.15, 0.2) is 24.3 Å². The average molecular weight is 337 g/mol. The van der Waals surface area contributed by atoms with Crippen molar-refractivity contribution in [2.45, 2.75) is 39.5 Å². The van der Waals surface area contributed by atoms with Gasteiger partial charge in [0.1, 0.15) is 5.75 Å². The molecule has 6 heteroatoms. The number of hydrogen-bond acceptors (Lipinski definition) is 3. The van der Waals surface area contributed by atoms with Gasteiger partial charge in [-0.2, -0.15) is 0 Å². The van der Waals surface area contributed by atoms with Gasteiger partial charge in [-0.05, 0) is 48.8 Å². The maximum absolute atomic E-state index is 12.0. The number of thiocarbonyl (C=S) groups is 1. The Balaban J connectivity index is 2.25. The van der Waals surface area contributed by atoms with Gasteiger partial charge in [0.2, 0.25) is 0 Å². The molecule has 0 aliphatic rings. The van der Waals surface area contributed by atoms with Crippen LogP contribution >= 0.6 is 12.2 Å². The third-order valence-corrected chi connectivity index (χ3v) is 3.80. The number of carbonyl (C=O) groups excluding carboxylic acids is 1. The standard InChI is InChI=1S/C17H27N3O2S/c1-4-5-6-7-13(2)12-18-17(23)20-19-16(21)14-8-10-15(22-3)11-9-14/h8-11,13H,4-7,12H2,1-3H3,(H,19,21)(H2,18,20,23)/t13-/m0/s1. The predicted molar refractivity (Wildman–Crippen MR) is 97.5 cm³/mol. The Hall–Kier alpha value is -1.82. The van der Waals surface area contributed by atoms with Gasteiger partial charge < -0.3 is 10.1 Å². The molecule has 0 saturated carbocycles. The maximum Gasteiger partial charge on any atom is 0.269 e. The number of ether oxygens (including phenoxy) is 1. The van der Waals surface area contributed by atoms with Crippen molar-refractivity contribution in [2.24, 2.45) is 5.92 Å². The number of benzene rings is 1. The molecule has 0 bridgehead atoms. The summed E-state index contributed by atoms with van der Waals surface area (Å²) in [5.74, 6) is 1.02. The molecule has 3 N–H and O–H groups in total. The maximum atomic E-state index is 12.0. The lowest BCUT2D eigenvalue weighted by Gasteiger charge is -2.15. The van der Waals surface area contributed by atoms with E-state index in [2.05, 4.69) is 30.0 Å². The fourth-order valence-corrected chi connectivity index (χ4v) is 2.22. The Labute approximate surface area is 144 Å². The molecule has 1 aromatic rings. The molecule has 0 saturated heterocycles. The minimum Gasteiger partial charge on any atom is -0.497 e. The Morgan fingerprint density at radius 3 is 2.52 bits per heavy atom. The van der Waals surface area contributed by atoms with Gasteiger partial charge in [-0.3, -0.25) is 15.6 Å². The number of hydrazine groups is 1. The molecule has 23 heavy (non-hydrogen) atoms. The lowest BCUT2D eigenvalue weighted by molar-refractivity contribution is 0.0943. The van der Waals surface area contributed by atoms with Crippen LogP contribution in [0.4, 0.5) is 0 Å². The number of carbonyl (C=O) groups is 1. The monoisotopic (exact) mass is 337 g/mol. The van der Waals surface area contributed by atoms with Crippen LogP contribution < -0.4 is 20.9 Å². The highest BCUT2D eigenvalue weighted by Crippen LogP contribution is 2.11. The van der Waals surface area contributed by atoms with Crippen molar-refractivity contribution < 1.29 is 9.53 Å². The molecule has 128 valence electrons. The van der Waals surface area contributed by atoms with Crippen LogP contribution in [-0.4, -0.2) is 24.7 Å². The summed E-state index contributed by atoms with van der Waals surface area (Å²) in [5, 5.41) is 3.55. The lowest BCUT2D eigenvalue weighted by atomic mass is 10.0. The van der Waals surface area contributed by atoms with Gasteiger partial charge in [-0.15, -0.1) is 0 Å². The van der Waals surface area contributed by atoms with E-state index < -0.39 is 0 Å². The van der Waals surface area contributed by atoms with Crippen LogP contribution in [0.3, 0.4) is 0 Å². The van der Waals surface area contributed by atoms with Gasteiger partial charge >= 0.3 is 0 Å². The second-order valence-corrected chi connectivity index (χ2v) is 6.03. The van der Waals surface area contributed by atoms with Crippen LogP contribution in [0.5, 0.6) is 5.75 Å². The summed E-state index contributed by atoms with van der Waals surface area (Å²) in [6.45, 7) is 5.20. The SMILES string of the molecule is CCCCC[C@H](C)CNC(=S)NNC(=O)c1ccc(OC)cc1. The predicted octanol–water partition coefficient (Wildman–Crippen LogP) is 3.02. The highest BCUT2D eigenvalue weighted by molar-refractivity contribution is 7.80. The molecule has 1 aromatic carbocycles. The molecular formula is C17H27N3O2S. The number of nitrogens with one attached hydrogen (secondary N) is 3. The van der Waals surface area contributed by atoms with E-state index in [0.717, 1.165) is 6.54 Å². The molecule has 1 amide bonds. The van der Waals surface area contributed by atoms with E-state index in [9.17, 15) is 4.79 Å². The summed E-state index contributed by atoms with van der Waals surface area (Å²) < 4.78 is 5.06. The lowest BCUT2D eigenvalue weighted by Crippen LogP contribution is -2.47.